The van der Waals surface area contributed by atoms with Crippen LogP contribution >= 0.6 is 11.8 Å². The number of ether oxygens (including phenoxy) is 1. The fourth-order valence-corrected chi connectivity index (χ4v) is 5.23. The maximum Gasteiger partial charge on any atom is 0.305 e. The van der Waals surface area contributed by atoms with E-state index in [2.05, 4.69) is 34.3 Å². The van der Waals surface area contributed by atoms with Gasteiger partial charge in [-0.25, -0.2) is 4.99 Å². The quantitative estimate of drug-likeness (QED) is 0.314. The van der Waals surface area contributed by atoms with Gasteiger partial charge < -0.3 is 9.64 Å². The first-order valence-electron chi connectivity index (χ1n) is 13.2. The lowest BCUT2D eigenvalue weighted by molar-refractivity contribution is -0.759. The summed E-state index contributed by atoms with van der Waals surface area (Å²) in [6, 6.07) is 17.3. The molecule has 1 fully saturated rings. The molecule has 2 aromatic carbocycles. The minimum Gasteiger partial charge on any atom is -0.377 e. The zero-order valence-electron chi connectivity index (χ0n) is 22.5. The number of morpholine rings is 1. The standard InChI is InChI=1S/C28H31N7O4S/c1-3-32(4-2)22-12-10-21(11-13-22)18-24-27(37)35(23-8-6-5-7-9-23)28(29-24)40-20-25(36)30-26-19-34(31-39-26)33-14-16-38-17-15-33/h5-13,18-19H,3-4,14-17,20H2,1-2H3/p+1/b24-18+. The highest BCUT2D eigenvalue weighted by Crippen LogP contribution is 2.29. The Hall–Kier alpha value is -4.16. The van der Waals surface area contributed by atoms with Crippen LogP contribution in [0.25, 0.3) is 6.08 Å². The SMILES string of the molecule is CCN(CC)c1ccc(/C=C2/N=C(SCC(=O)Nc3c[n+](N4CCOCC4)no3)N(c3ccccc3)C2=O)cc1. The lowest BCUT2D eigenvalue weighted by Crippen LogP contribution is -2.62. The number of benzene rings is 2. The Morgan fingerprint density at radius 1 is 1.10 bits per heavy atom. The van der Waals surface area contributed by atoms with Crippen LogP contribution in [-0.2, 0) is 14.3 Å². The molecule has 0 aliphatic carbocycles. The van der Waals surface area contributed by atoms with Crippen molar-refractivity contribution < 1.29 is 23.6 Å². The van der Waals surface area contributed by atoms with E-state index >= 15 is 0 Å². The Morgan fingerprint density at radius 2 is 1.82 bits per heavy atom. The Labute approximate surface area is 237 Å². The summed E-state index contributed by atoms with van der Waals surface area (Å²) < 4.78 is 10.6. The van der Waals surface area contributed by atoms with E-state index in [-0.39, 0.29) is 23.5 Å². The number of carbonyl (C=O) groups is 2. The number of rotatable bonds is 9. The number of anilines is 3. The third kappa shape index (κ3) is 6.35. The Bertz CT molecular complexity index is 1380. The molecule has 1 saturated heterocycles. The fourth-order valence-electron chi connectivity index (χ4n) is 4.41. The van der Waals surface area contributed by atoms with Gasteiger partial charge in [0, 0.05) is 18.8 Å². The van der Waals surface area contributed by atoms with Crippen LogP contribution in [0.15, 0.2) is 76.0 Å². The summed E-state index contributed by atoms with van der Waals surface area (Å²) in [5, 5.41) is 9.08. The van der Waals surface area contributed by atoms with E-state index in [9.17, 15) is 9.59 Å². The van der Waals surface area contributed by atoms with Gasteiger partial charge in [0.25, 0.3) is 12.1 Å². The van der Waals surface area contributed by atoms with Gasteiger partial charge in [-0.1, -0.05) is 42.1 Å². The normalized spacial score (nSPS) is 16.4. The van der Waals surface area contributed by atoms with Gasteiger partial charge in [-0.2, -0.15) is 0 Å². The average molecular weight is 563 g/mol. The number of hydrogen-bond acceptors (Lipinski definition) is 9. The number of nitrogens with one attached hydrogen (secondary N) is 1. The van der Waals surface area contributed by atoms with Crippen molar-refractivity contribution in [1.29, 1.82) is 0 Å². The smallest absolute Gasteiger partial charge is 0.305 e. The van der Waals surface area contributed by atoms with Gasteiger partial charge in [0.2, 0.25) is 11.2 Å². The predicted octanol–water partition coefficient (Wildman–Crippen LogP) is 2.89. The monoisotopic (exact) mass is 562 g/mol. The molecule has 1 aromatic heterocycles. The highest BCUT2D eigenvalue weighted by Gasteiger charge is 2.32. The van der Waals surface area contributed by atoms with E-state index < -0.39 is 0 Å². The van der Waals surface area contributed by atoms with Crippen LogP contribution in [-0.4, -0.2) is 67.4 Å². The second-order valence-electron chi connectivity index (χ2n) is 9.05. The van der Waals surface area contributed by atoms with E-state index in [1.165, 1.54) is 16.7 Å². The van der Waals surface area contributed by atoms with Gasteiger partial charge in [0.1, 0.15) is 5.70 Å². The van der Waals surface area contributed by atoms with Crippen LogP contribution in [0, 0.1) is 0 Å². The minimum atomic E-state index is -0.303. The number of aliphatic imine (C=N–C) groups is 1. The lowest BCUT2D eigenvalue weighted by atomic mass is 10.1. The topological polar surface area (TPSA) is 107 Å². The van der Waals surface area contributed by atoms with Crippen LogP contribution in [0.1, 0.15) is 19.4 Å². The van der Waals surface area contributed by atoms with E-state index in [4.69, 9.17) is 9.26 Å². The zero-order chi connectivity index (χ0) is 27.9. The number of carbonyl (C=O) groups excluding carboxylic acids is 2. The van der Waals surface area contributed by atoms with E-state index in [1.54, 1.807) is 17.1 Å². The van der Waals surface area contributed by atoms with Gasteiger partial charge in [-0.15, -0.1) is 5.01 Å². The molecule has 12 heteroatoms. The number of nitrogens with zero attached hydrogens (tertiary/aromatic N) is 6. The molecule has 3 heterocycles. The second kappa shape index (κ2) is 12.8. The maximum atomic E-state index is 13.5. The number of aromatic nitrogens is 2. The first kappa shape index (κ1) is 27.4. The molecule has 11 nitrogen and oxygen atoms in total. The summed E-state index contributed by atoms with van der Waals surface area (Å²) in [7, 11) is 0. The molecule has 208 valence electrons. The van der Waals surface area contributed by atoms with Gasteiger partial charge in [0.15, 0.2) is 5.17 Å². The Balaban J connectivity index is 1.29. The molecule has 0 radical (unpaired) electrons. The number of amidine groups is 1. The van der Waals surface area contributed by atoms with Crippen LogP contribution in [0.2, 0.25) is 0 Å². The van der Waals surface area contributed by atoms with Crippen molar-refractivity contribution >= 4 is 52.1 Å². The summed E-state index contributed by atoms with van der Waals surface area (Å²) in [6.45, 7) is 8.66. The predicted molar refractivity (Wildman–Crippen MR) is 156 cm³/mol. The molecule has 2 amide bonds. The van der Waals surface area contributed by atoms with Gasteiger partial charge in [-0.05, 0) is 49.8 Å². The molecule has 0 bridgehead atoms. The minimum absolute atomic E-state index is 0.0273. The third-order valence-electron chi connectivity index (χ3n) is 6.50. The first-order valence-corrected chi connectivity index (χ1v) is 14.2. The molecule has 0 atom stereocenters. The summed E-state index contributed by atoms with van der Waals surface area (Å²) in [4.78, 5) is 36.2. The molecule has 1 N–H and O–H groups in total. The fraction of sp³-hybridized carbons (Fsp3) is 0.321. The summed E-state index contributed by atoms with van der Waals surface area (Å²) in [5.41, 5.74) is 2.99. The third-order valence-corrected chi connectivity index (χ3v) is 7.44. The average Bonchev–Trinajstić information content (AvgIpc) is 3.58. The van der Waals surface area contributed by atoms with Gasteiger partial charge >= 0.3 is 5.88 Å². The molecule has 0 spiro atoms. The van der Waals surface area contributed by atoms with Crippen molar-refractivity contribution in [1.82, 2.24) is 5.27 Å². The number of thioether (sulfide) groups is 1. The van der Waals surface area contributed by atoms with Crippen molar-refractivity contribution in [2.75, 3.05) is 65.3 Å². The van der Waals surface area contributed by atoms with E-state index in [0.717, 1.165) is 24.3 Å². The summed E-state index contributed by atoms with van der Waals surface area (Å²) in [5.74, 6) is -0.290. The number of hydrogen-bond donors (Lipinski definition) is 1. The molecule has 2 aliphatic rings. The van der Waals surface area contributed by atoms with Crippen molar-refractivity contribution in [3.8, 4) is 0 Å². The number of para-hydroxylation sites is 1. The molecule has 0 saturated carbocycles. The van der Waals surface area contributed by atoms with E-state index in [0.29, 0.717) is 42.9 Å². The molecule has 3 aromatic rings. The summed E-state index contributed by atoms with van der Waals surface area (Å²) in [6.07, 6.45) is 3.39. The second-order valence-corrected chi connectivity index (χ2v) is 10.00. The van der Waals surface area contributed by atoms with Gasteiger partial charge in [-0.3, -0.25) is 24.3 Å². The number of amides is 2. The lowest BCUT2D eigenvalue weighted by Gasteiger charge is -2.20. The van der Waals surface area contributed by atoms with Crippen LogP contribution in [0.4, 0.5) is 17.3 Å². The highest BCUT2D eigenvalue weighted by atomic mass is 32.2. The Kier molecular flexibility index (Phi) is 8.77. The largest absolute Gasteiger partial charge is 0.377 e. The van der Waals surface area contributed by atoms with Crippen LogP contribution in [0.3, 0.4) is 0 Å². The molecule has 40 heavy (non-hydrogen) atoms. The van der Waals surface area contributed by atoms with Crippen molar-refractivity contribution in [3.05, 3.63) is 72.1 Å². The Morgan fingerprint density at radius 3 is 2.52 bits per heavy atom. The van der Waals surface area contributed by atoms with Crippen molar-refractivity contribution in [2.45, 2.75) is 13.8 Å². The zero-order valence-corrected chi connectivity index (χ0v) is 23.3. The van der Waals surface area contributed by atoms with Crippen LogP contribution in [0.5, 0.6) is 0 Å². The van der Waals surface area contributed by atoms with Gasteiger partial charge in [0.05, 0.1) is 42.5 Å². The first-order chi connectivity index (χ1) is 19.6. The van der Waals surface area contributed by atoms with E-state index in [1.807, 2.05) is 59.6 Å². The van der Waals surface area contributed by atoms with Crippen molar-refractivity contribution in [2.24, 2.45) is 4.99 Å². The molecule has 2 aliphatic heterocycles. The molecular weight excluding hydrogens is 530 g/mol. The molecular formula is C28H32N7O4S+. The summed E-state index contributed by atoms with van der Waals surface area (Å²) >= 11 is 1.18. The highest BCUT2D eigenvalue weighted by molar-refractivity contribution is 8.14. The maximum absolute atomic E-state index is 13.5. The van der Waals surface area contributed by atoms with Crippen LogP contribution < -0.4 is 24.9 Å². The molecule has 0 unspecified atom stereocenters. The van der Waals surface area contributed by atoms with Crippen molar-refractivity contribution in [3.63, 3.8) is 0 Å². The molecule has 5 rings (SSSR count).